The summed E-state index contributed by atoms with van der Waals surface area (Å²) in [5.41, 5.74) is -3.81. The van der Waals surface area contributed by atoms with Gasteiger partial charge in [0, 0.05) is 32.7 Å². The lowest BCUT2D eigenvalue weighted by atomic mass is 9.93. The highest BCUT2D eigenvalue weighted by Crippen LogP contribution is 2.56. The highest BCUT2D eigenvalue weighted by atomic mass is 16.2. The molecular formula is C21H25N5O4. The maximum Gasteiger partial charge on any atom is 0.325 e. The predicted octanol–water partition coefficient (Wildman–Crippen LogP) is 1.15. The van der Waals surface area contributed by atoms with Crippen LogP contribution >= 0.6 is 0 Å². The average Bonchev–Trinajstić information content (AvgIpc) is 3.15. The van der Waals surface area contributed by atoms with E-state index >= 15 is 0 Å². The Kier molecular flexibility index (Phi) is 5.15. The summed E-state index contributed by atoms with van der Waals surface area (Å²) >= 11 is 0. The van der Waals surface area contributed by atoms with Crippen LogP contribution < -0.4 is 0 Å². The van der Waals surface area contributed by atoms with E-state index < -0.39 is 35.2 Å². The van der Waals surface area contributed by atoms with Crippen molar-refractivity contribution in [3.63, 3.8) is 0 Å². The fourth-order valence-electron chi connectivity index (χ4n) is 4.77. The first kappa shape index (κ1) is 21.1. The third-order valence-electron chi connectivity index (χ3n) is 5.62. The Morgan fingerprint density at radius 2 is 0.800 bits per heavy atom. The number of amides is 6. The quantitative estimate of drug-likeness (QED) is 0.399. The molecule has 3 rings (SSSR count). The largest absolute Gasteiger partial charge is 0.325 e. The lowest BCUT2D eigenvalue weighted by Crippen LogP contribution is -2.70. The number of nitrogens with zero attached hydrogens (tertiary/aromatic N) is 5. The number of hydrogen-bond donors (Lipinski definition) is 0. The van der Waals surface area contributed by atoms with Crippen LogP contribution in [0.25, 0.3) is 0 Å². The third-order valence-corrected chi connectivity index (χ3v) is 5.62. The molecule has 3 fully saturated rings. The Morgan fingerprint density at radius 3 is 1.03 bits per heavy atom. The minimum absolute atomic E-state index is 0.0436. The minimum atomic E-state index is -1.91. The first-order chi connectivity index (χ1) is 14.4. The molecule has 0 bridgehead atoms. The van der Waals surface area contributed by atoms with Gasteiger partial charge in [0.1, 0.15) is 0 Å². The van der Waals surface area contributed by atoms with Crippen molar-refractivity contribution in [3.8, 4) is 0 Å². The highest BCUT2D eigenvalue weighted by Gasteiger charge is 2.89. The number of imide groups is 1. The van der Waals surface area contributed by atoms with E-state index in [1.165, 1.54) is 50.0 Å². The molecule has 158 valence electrons. The molecule has 0 atom stereocenters. The normalized spacial score (nSPS) is 27.5. The molecule has 0 radical (unpaired) electrons. The first-order valence-electron chi connectivity index (χ1n) is 9.47. The lowest BCUT2D eigenvalue weighted by molar-refractivity contribution is -0.145. The summed E-state index contributed by atoms with van der Waals surface area (Å²) in [4.78, 5) is 60.6. The van der Waals surface area contributed by atoms with Crippen molar-refractivity contribution < 1.29 is 19.2 Å². The molecule has 0 N–H and O–H groups in total. The SMILES string of the molecule is C=CCN1C(=O)C23N(CC=C)C(=O)N(CC=C)C2(C1=O)N(CC=C)C(=O)N3CC=C. The van der Waals surface area contributed by atoms with Gasteiger partial charge in [-0.1, -0.05) is 30.4 Å². The van der Waals surface area contributed by atoms with Gasteiger partial charge in [-0.05, 0) is 0 Å². The highest BCUT2D eigenvalue weighted by molar-refractivity contribution is 6.22. The van der Waals surface area contributed by atoms with Crippen molar-refractivity contribution in [1.82, 2.24) is 24.5 Å². The van der Waals surface area contributed by atoms with Crippen LogP contribution in [-0.4, -0.2) is 92.4 Å². The molecule has 0 aromatic rings. The van der Waals surface area contributed by atoms with Gasteiger partial charge < -0.3 is 0 Å². The van der Waals surface area contributed by atoms with Gasteiger partial charge in [-0.3, -0.25) is 34.1 Å². The van der Waals surface area contributed by atoms with Crippen molar-refractivity contribution in [2.45, 2.75) is 11.3 Å². The second-order valence-electron chi connectivity index (χ2n) is 7.02. The summed E-state index contributed by atoms with van der Waals surface area (Å²) in [6, 6.07) is -1.13. The Bertz CT molecular complexity index is 773. The maximum atomic E-state index is 13.8. The number of likely N-dealkylation sites (tertiary alicyclic amines) is 1. The molecule has 0 saturated carbocycles. The molecule has 3 aliphatic heterocycles. The van der Waals surface area contributed by atoms with Crippen LogP contribution in [0.2, 0.25) is 0 Å². The molecule has 0 aromatic carbocycles. The van der Waals surface area contributed by atoms with Gasteiger partial charge in [-0.2, -0.15) is 0 Å². The molecule has 9 heteroatoms. The van der Waals surface area contributed by atoms with E-state index in [1.54, 1.807) is 0 Å². The molecule has 30 heavy (non-hydrogen) atoms. The second-order valence-corrected chi connectivity index (χ2v) is 7.02. The molecule has 9 nitrogen and oxygen atoms in total. The molecule has 3 aliphatic rings. The Hall–Kier alpha value is -3.62. The van der Waals surface area contributed by atoms with Crippen LogP contribution in [-0.2, 0) is 9.59 Å². The number of rotatable bonds is 10. The maximum absolute atomic E-state index is 13.8. The van der Waals surface area contributed by atoms with E-state index in [4.69, 9.17) is 0 Å². The van der Waals surface area contributed by atoms with Gasteiger partial charge >= 0.3 is 12.1 Å². The summed E-state index contributed by atoms with van der Waals surface area (Å²) in [6.45, 7) is 18.1. The molecule has 3 saturated heterocycles. The number of carbonyl (C=O) groups excluding carboxylic acids is 4. The van der Waals surface area contributed by atoms with Crippen LogP contribution in [0, 0.1) is 0 Å². The van der Waals surface area contributed by atoms with Crippen LogP contribution in [0.5, 0.6) is 0 Å². The predicted molar refractivity (Wildman–Crippen MR) is 111 cm³/mol. The molecular weight excluding hydrogens is 386 g/mol. The van der Waals surface area contributed by atoms with Crippen molar-refractivity contribution >= 4 is 23.9 Å². The summed E-state index contributed by atoms with van der Waals surface area (Å²) < 4.78 is 0. The van der Waals surface area contributed by atoms with Crippen LogP contribution in [0.4, 0.5) is 9.59 Å². The first-order valence-corrected chi connectivity index (χ1v) is 9.47. The molecule has 0 aromatic heterocycles. The lowest BCUT2D eigenvalue weighted by Gasteiger charge is -2.40. The summed E-state index contributed by atoms with van der Waals surface area (Å²) in [5, 5.41) is 0. The Morgan fingerprint density at radius 1 is 0.533 bits per heavy atom. The van der Waals surface area contributed by atoms with Gasteiger partial charge in [0.25, 0.3) is 23.1 Å². The van der Waals surface area contributed by atoms with Crippen LogP contribution in [0.3, 0.4) is 0 Å². The summed E-state index contributed by atoms with van der Waals surface area (Å²) in [6.07, 6.45) is 7.24. The zero-order valence-electron chi connectivity index (χ0n) is 16.8. The number of urea groups is 2. The molecule has 0 unspecified atom stereocenters. The molecule has 0 aliphatic carbocycles. The fraction of sp³-hybridized carbons (Fsp3) is 0.333. The van der Waals surface area contributed by atoms with Crippen molar-refractivity contribution in [1.29, 1.82) is 0 Å². The van der Waals surface area contributed by atoms with E-state index in [9.17, 15) is 19.2 Å². The van der Waals surface area contributed by atoms with Gasteiger partial charge in [0.15, 0.2) is 0 Å². The minimum Gasteiger partial charge on any atom is -0.285 e. The smallest absolute Gasteiger partial charge is 0.285 e. The van der Waals surface area contributed by atoms with Crippen molar-refractivity contribution in [2.75, 3.05) is 32.7 Å². The van der Waals surface area contributed by atoms with Crippen LogP contribution in [0.1, 0.15) is 0 Å². The van der Waals surface area contributed by atoms with Gasteiger partial charge in [0.05, 0.1) is 0 Å². The van der Waals surface area contributed by atoms with Crippen molar-refractivity contribution in [2.24, 2.45) is 0 Å². The van der Waals surface area contributed by atoms with Crippen molar-refractivity contribution in [3.05, 3.63) is 63.3 Å². The molecule has 0 spiro atoms. The van der Waals surface area contributed by atoms with E-state index in [2.05, 4.69) is 32.9 Å². The van der Waals surface area contributed by atoms with Gasteiger partial charge in [-0.25, -0.2) is 9.59 Å². The monoisotopic (exact) mass is 411 g/mol. The topological polar surface area (TPSA) is 84.5 Å². The van der Waals surface area contributed by atoms with E-state index in [-0.39, 0.29) is 32.7 Å². The second kappa shape index (κ2) is 7.33. The van der Waals surface area contributed by atoms with Gasteiger partial charge in [-0.15, -0.1) is 32.9 Å². The number of hydrogen-bond acceptors (Lipinski definition) is 4. The fourth-order valence-corrected chi connectivity index (χ4v) is 4.77. The zero-order chi connectivity index (χ0) is 22.3. The number of carbonyl (C=O) groups is 4. The Labute approximate surface area is 175 Å². The summed E-state index contributed by atoms with van der Waals surface area (Å²) in [7, 11) is 0. The van der Waals surface area contributed by atoms with E-state index in [1.807, 2.05) is 0 Å². The zero-order valence-corrected chi connectivity index (χ0v) is 16.8. The molecule has 6 amide bonds. The average molecular weight is 411 g/mol. The van der Waals surface area contributed by atoms with Crippen LogP contribution in [0.15, 0.2) is 63.3 Å². The summed E-state index contributed by atoms with van der Waals surface area (Å²) in [5.74, 6) is -1.34. The standard InChI is InChI=1S/C21H25N5O4/c1-6-11-22-16(27)20-21(17(22)28,24(13-8-3)18(29)23(20)12-7-2)26(15-10-5)19(30)25(20)14-9-4/h6-10H,1-5,11-15H2. The van der Waals surface area contributed by atoms with Gasteiger partial charge in [0.2, 0.25) is 0 Å². The van der Waals surface area contributed by atoms with E-state index in [0.717, 1.165) is 4.90 Å². The molecule has 3 heterocycles. The Balaban J connectivity index is 2.45. The van der Waals surface area contributed by atoms with E-state index in [0.29, 0.717) is 0 Å². The third kappa shape index (κ3) is 2.06.